The first-order valence-corrected chi connectivity index (χ1v) is 9.49. The summed E-state index contributed by atoms with van der Waals surface area (Å²) >= 11 is 0. The van der Waals surface area contributed by atoms with Crippen LogP contribution in [-0.2, 0) is 17.8 Å². The molecule has 0 aliphatic rings. The number of carbonyl (C=O) groups is 1. The van der Waals surface area contributed by atoms with Crippen LogP contribution in [0, 0.1) is 0 Å². The first-order valence-electron chi connectivity index (χ1n) is 9.49. The van der Waals surface area contributed by atoms with Crippen molar-refractivity contribution in [3.05, 3.63) is 70.3 Å². The summed E-state index contributed by atoms with van der Waals surface area (Å²) in [5.41, 5.74) is 1.61. The normalized spacial score (nSPS) is 10.8. The number of para-hydroxylation sites is 1. The Labute approximate surface area is 164 Å². The Kier molecular flexibility index (Phi) is 6.42. The Morgan fingerprint density at radius 1 is 1.14 bits per heavy atom. The molecule has 28 heavy (non-hydrogen) atoms. The van der Waals surface area contributed by atoms with Crippen molar-refractivity contribution in [3.8, 4) is 5.75 Å². The molecule has 6 nitrogen and oxygen atoms in total. The molecule has 3 aromatic rings. The summed E-state index contributed by atoms with van der Waals surface area (Å²) in [7, 11) is 1.63. The van der Waals surface area contributed by atoms with Gasteiger partial charge in [0, 0.05) is 25.9 Å². The van der Waals surface area contributed by atoms with Crippen LogP contribution in [-0.4, -0.2) is 34.4 Å². The Bertz CT molecular complexity index is 996. The van der Waals surface area contributed by atoms with E-state index in [0.29, 0.717) is 49.1 Å². The number of hydrogen-bond donors (Lipinski definition) is 1. The van der Waals surface area contributed by atoms with Crippen molar-refractivity contribution < 1.29 is 9.53 Å². The van der Waals surface area contributed by atoms with Crippen LogP contribution in [0.2, 0.25) is 0 Å². The second-order valence-electron chi connectivity index (χ2n) is 6.64. The summed E-state index contributed by atoms with van der Waals surface area (Å²) in [5.74, 6) is 1.52. The van der Waals surface area contributed by atoms with E-state index < -0.39 is 0 Å². The second kappa shape index (κ2) is 9.17. The number of nitrogens with zero attached hydrogens (tertiary/aromatic N) is 2. The van der Waals surface area contributed by atoms with Gasteiger partial charge in [0.2, 0.25) is 5.91 Å². The fourth-order valence-electron chi connectivity index (χ4n) is 3.15. The molecule has 1 heterocycles. The van der Waals surface area contributed by atoms with Crippen molar-refractivity contribution in [2.24, 2.45) is 0 Å². The highest BCUT2D eigenvalue weighted by Crippen LogP contribution is 2.14. The maximum atomic E-state index is 12.6. The highest BCUT2D eigenvalue weighted by atomic mass is 16.5. The quantitative estimate of drug-likeness (QED) is 0.652. The van der Waals surface area contributed by atoms with Gasteiger partial charge in [0.05, 0.1) is 18.0 Å². The molecular weight excluding hydrogens is 354 g/mol. The van der Waals surface area contributed by atoms with Crippen LogP contribution in [0.1, 0.15) is 31.2 Å². The maximum absolute atomic E-state index is 12.6. The topological polar surface area (TPSA) is 75.3 Å². The van der Waals surface area contributed by atoms with Gasteiger partial charge in [-0.3, -0.25) is 9.59 Å². The minimum absolute atomic E-state index is 0.0986. The van der Waals surface area contributed by atoms with Crippen molar-refractivity contribution in [2.45, 2.75) is 32.7 Å². The van der Waals surface area contributed by atoms with Crippen LogP contribution in [0.3, 0.4) is 0 Å². The molecule has 0 aliphatic heterocycles. The summed E-state index contributed by atoms with van der Waals surface area (Å²) < 4.78 is 5.17. The molecule has 6 heteroatoms. The smallest absolute Gasteiger partial charge is 0.258 e. The molecule has 0 spiro atoms. The molecule has 1 N–H and O–H groups in total. The van der Waals surface area contributed by atoms with E-state index in [1.807, 2.05) is 54.3 Å². The highest BCUT2D eigenvalue weighted by Gasteiger charge is 2.13. The van der Waals surface area contributed by atoms with Crippen molar-refractivity contribution in [1.29, 1.82) is 0 Å². The number of methoxy groups -OCH3 is 1. The van der Waals surface area contributed by atoms with Gasteiger partial charge in [-0.25, -0.2) is 4.98 Å². The first kappa shape index (κ1) is 19.6. The van der Waals surface area contributed by atoms with E-state index >= 15 is 0 Å². The number of hydrogen-bond acceptors (Lipinski definition) is 4. The zero-order valence-corrected chi connectivity index (χ0v) is 16.3. The van der Waals surface area contributed by atoms with Crippen LogP contribution in [0.5, 0.6) is 5.75 Å². The van der Waals surface area contributed by atoms with Gasteiger partial charge in [-0.15, -0.1) is 0 Å². The lowest BCUT2D eigenvalue weighted by Gasteiger charge is -2.21. The van der Waals surface area contributed by atoms with Gasteiger partial charge in [0.1, 0.15) is 11.6 Å². The number of aromatic amines is 1. The molecule has 0 atom stereocenters. The summed E-state index contributed by atoms with van der Waals surface area (Å²) in [6, 6.07) is 15.0. The number of rotatable bonds is 8. The van der Waals surface area contributed by atoms with Gasteiger partial charge in [0.15, 0.2) is 0 Å². The van der Waals surface area contributed by atoms with Crippen molar-refractivity contribution >= 4 is 16.8 Å². The molecular formula is C22H25N3O3. The van der Waals surface area contributed by atoms with Crippen LogP contribution < -0.4 is 10.3 Å². The minimum Gasteiger partial charge on any atom is -0.497 e. The zero-order chi connectivity index (χ0) is 19.9. The second-order valence-corrected chi connectivity index (χ2v) is 6.64. The number of amides is 1. The molecule has 1 aromatic heterocycles. The fraction of sp³-hybridized carbons (Fsp3) is 0.318. The molecule has 2 aromatic carbocycles. The summed E-state index contributed by atoms with van der Waals surface area (Å²) in [6.45, 7) is 3.20. The van der Waals surface area contributed by atoms with Crippen molar-refractivity contribution in [3.63, 3.8) is 0 Å². The molecule has 0 unspecified atom stereocenters. The van der Waals surface area contributed by atoms with E-state index in [1.165, 1.54) is 0 Å². The number of ether oxygens (including phenoxy) is 1. The predicted octanol–water partition coefficient (Wildman–Crippen LogP) is 3.30. The number of fused-ring (bicyclic) bond motifs is 1. The van der Waals surface area contributed by atoms with Gasteiger partial charge in [-0.05, 0) is 43.2 Å². The van der Waals surface area contributed by atoms with Crippen molar-refractivity contribution in [2.75, 3.05) is 13.7 Å². The number of H-pyrrole nitrogens is 1. The molecule has 0 saturated heterocycles. The summed E-state index contributed by atoms with van der Waals surface area (Å²) in [6.07, 6.45) is 1.62. The average Bonchev–Trinajstić information content (AvgIpc) is 2.72. The van der Waals surface area contributed by atoms with Gasteiger partial charge in [0.25, 0.3) is 5.56 Å². The van der Waals surface area contributed by atoms with E-state index in [0.717, 1.165) is 11.3 Å². The van der Waals surface area contributed by atoms with Gasteiger partial charge in [-0.1, -0.05) is 24.3 Å². The molecule has 146 valence electrons. The number of benzene rings is 2. The highest BCUT2D eigenvalue weighted by molar-refractivity contribution is 5.77. The minimum atomic E-state index is -0.137. The summed E-state index contributed by atoms with van der Waals surface area (Å²) in [4.78, 5) is 33.8. The third-order valence-corrected chi connectivity index (χ3v) is 4.73. The van der Waals surface area contributed by atoms with Crippen LogP contribution >= 0.6 is 0 Å². The molecule has 0 fully saturated rings. The molecule has 0 aliphatic carbocycles. The monoisotopic (exact) mass is 379 g/mol. The lowest BCUT2D eigenvalue weighted by atomic mass is 10.1. The molecule has 0 bridgehead atoms. The van der Waals surface area contributed by atoms with E-state index in [1.54, 1.807) is 13.2 Å². The Hall–Kier alpha value is -3.15. The number of nitrogens with one attached hydrogen (secondary N) is 1. The first-order chi connectivity index (χ1) is 13.6. The average molecular weight is 379 g/mol. The summed E-state index contributed by atoms with van der Waals surface area (Å²) in [5, 5.41) is 0.582. The lowest BCUT2D eigenvalue weighted by molar-refractivity contribution is -0.131. The van der Waals surface area contributed by atoms with Gasteiger partial charge in [-0.2, -0.15) is 0 Å². The van der Waals surface area contributed by atoms with E-state index in [-0.39, 0.29) is 11.5 Å². The molecule has 0 saturated carbocycles. The molecule has 1 amide bonds. The van der Waals surface area contributed by atoms with Gasteiger partial charge >= 0.3 is 0 Å². The van der Waals surface area contributed by atoms with E-state index in [4.69, 9.17) is 4.74 Å². The number of aryl methyl sites for hydroxylation is 1. The Balaban J connectivity index is 1.57. The SMILES string of the molecule is CCN(Cc1ccc(OC)cc1)C(=O)CCCc1nc2ccccc2c(=O)[nH]1. The van der Waals surface area contributed by atoms with Crippen LogP contribution in [0.15, 0.2) is 53.3 Å². The Morgan fingerprint density at radius 2 is 1.89 bits per heavy atom. The molecule has 0 radical (unpaired) electrons. The van der Waals surface area contributed by atoms with E-state index in [9.17, 15) is 9.59 Å². The molecule has 3 rings (SSSR count). The number of aromatic nitrogens is 2. The number of carbonyl (C=O) groups excluding carboxylic acids is 1. The van der Waals surface area contributed by atoms with E-state index in [2.05, 4.69) is 9.97 Å². The third-order valence-electron chi connectivity index (χ3n) is 4.73. The lowest BCUT2D eigenvalue weighted by Crippen LogP contribution is -2.30. The van der Waals surface area contributed by atoms with Crippen molar-refractivity contribution in [1.82, 2.24) is 14.9 Å². The largest absolute Gasteiger partial charge is 0.497 e. The predicted molar refractivity (Wildman–Crippen MR) is 109 cm³/mol. The standard InChI is InChI=1S/C22H25N3O3/c1-3-25(15-16-11-13-17(28-2)14-12-16)21(26)10-6-9-20-23-19-8-5-4-7-18(19)22(27)24-20/h4-5,7-8,11-14H,3,6,9-10,15H2,1-2H3,(H,23,24,27). The third kappa shape index (κ3) is 4.76. The van der Waals surface area contributed by atoms with Gasteiger partial charge < -0.3 is 14.6 Å². The van der Waals surface area contributed by atoms with Crippen LogP contribution in [0.4, 0.5) is 0 Å². The Morgan fingerprint density at radius 3 is 2.61 bits per heavy atom. The van der Waals surface area contributed by atoms with Crippen LogP contribution in [0.25, 0.3) is 10.9 Å². The zero-order valence-electron chi connectivity index (χ0n) is 16.3. The maximum Gasteiger partial charge on any atom is 0.258 e. The fourth-order valence-corrected chi connectivity index (χ4v) is 3.15.